The zero-order chi connectivity index (χ0) is 17.7. The minimum Gasteiger partial charge on any atom is -0.478 e. The quantitative estimate of drug-likeness (QED) is 0.818. The molecule has 6 heteroatoms. The summed E-state index contributed by atoms with van der Waals surface area (Å²) in [5.41, 5.74) is 0.533. The van der Waals surface area contributed by atoms with E-state index in [9.17, 15) is 14.7 Å². The number of aliphatic hydroxyl groups is 1. The Morgan fingerprint density at radius 1 is 1.17 bits per heavy atom. The maximum atomic E-state index is 12.0. The van der Waals surface area contributed by atoms with Gasteiger partial charge in [-0.1, -0.05) is 12.1 Å². The molecule has 2 rings (SSSR count). The van der Waals surface area contributed by atoms with Gasteiger partial charge in [0.1, 0.15) is 0 Å². The molecule has 1 amide bonds. The van der Waals surface area contributed by atoms with Crippen LogP contribution in [0.4, 0.5) is 0 Å². The van der Waals surface area contributed by atoms with E-state index in [1.807, 2.05) is 23.9 Å². The Bertz CT molecular complexity index is 575. The standard InChI is InChI=1S/C18H26N2O4/c1-19(2)13-16(21)20-11-9-18(24,10-12-20)8-7-14-3-5-15(6-4-14)17(22)23/h3-6,24H,7-13H2,1-2H3,(H,22,23). The van der Waals surface area contributed by atoms with Crippen molar-refractivity contribution in [1.29, 1.82) is 0 Å². The summed E-state index contributed by atoms with van der Waals surface area (Å²) < 4.78 is 0. The molecule has 0 unspecified atom stereocenters. The SMILES string of the molecule is CN(C)CC(=O)N1CCC(O)(CCc2ccc(C(=O)O)cc2)CC1. The molecule has 6 nitrogen and oxygen atoms in total. The molecule has 1 heterocycles. The third-order valence-corrected chi connectivity index (χ3v) is 4.58. The second-order valence-electron chi connectivity index (χ2n) is 6.84. The van der Waals surface area contributed by atoms with Crippen molar-refractivity contribution in [3.63, 3.8) is 0 Å². The van der Waals surface area contributed by atoms with Gasteiger partial charge in [0.25, 0.3) is 0 Å². The number of carbonyl (C=O) groups is 2. The summed E-state index contributed by atoms with van der Waals surface area (Å²) >= 11 is 0. The van der Waals surface area contributed by atoms with E-state index < -0.39 is 11.6 Å². The monoisotopic (exact) mass is 334 g/mol. The predicted octanol–water partition coefficient (Wildman–Crippen LogP) is 1.23. The van der Waals surface area contributed by atoms with Crippen molar-refractivity contribution in [3.8, 4) is 0 Å². The number of likely N-dealkylation sites (tertiary alicyclic amines) is 1. The minimum atomic E-state index is -0.935. The highest BCUT2D eigenvalue weighted by molar-refractivity contribution is 5.87. The average Bonchev–Trinajstić information content (AvgIpc) is 2.53. The molecule has 0 aliphatic carbocycles. The van der Waals surface area contributed by atoms with E-state index in [-0.39, 0.29) is 11.5 Å². The smallest absolute Gasteiger partial charge is 0.335 e. The van der Waals surface area contributed by atoms with Gasteiger partial charge < -0.3 is 20.0 Å². The fourth-order valence-electron chi connectivity index (χ4n) is 2.98. The first-order valence-corrected chi connectivity index (χ1v) is 8.26. The van der Waals surface area contributed by atoms with Crippen LogP contribution in [0.25, 0.3) is 0 Å². The Balaban J connectivity index is 1.83. The Morgan fingerprint density at radius 2 is 1.75 bits per heavy atom. The highest BCUT2D eigenvalue weighted by Crippen LogP contribution is 2.27. The zero-order valence-corrected chi connectivity index (χ0v) is 14.4. The van der Waals surface area contributed by atoms with Crippen LogP contribution in [0.5, 0.6) is 0 Å². The van der Waals surface area contributed by atoms with Crippen molar-refractivity contribution in [1.82, 2.24) is 9.80 Å². The van der Waals surface area contributed by atoms with E-state index in [0.717, 1.165) is 5.56 Å². The Kier molecular flexibility index (Phi) is 5.96. The summed E-state index contributed by atoms with van der Waals surface area (Å²) in [6.07, 6.45) is 2.48. The van der Waals surface area contributed by atoms with E-state index in [1.165, 1.54) is 0 Å². The van der Waals surface area contributed by atoms with Crippen LogP contribution in [-0.4, -0.2) is 71.2 Å². The first-order valence-electron chi connectivity index (χ1n) is 8.26. The largest absolute Gasteiger partial charge is 0.478 e. The van der Waals surface area contributed by atoms with Crippen molar-refractivity contribution in [2.75, 3.05) is 33.7 Å². The van der Waals surface area contributed by atoms with Gasteiger partial charge in [0, 0.05) is 13.1 Å². The van der Waals surface area contributed by atoms with E-state index in [4.69, 9.17) is 5.11 Å². The highest BCUT2D eigenvalue weighted by Gasteiger charge is 2.33. The number of aromatic carboxylic acids is 1. The molecule has 1 saturated heterocycles. The van der Waals surface area contributed by atoms with Crippen LogP contribution >= 0.6 is 0 Å². The lowest BCUT2D eigenvalue weighted by atomic mass is 9.85. The molecule has 1 fully saturated rings. The van der Waals surface area contributed by atoms with Crippen molar-refractivity contribution in [2.45, 2.75) is 31.3 Å². The summed E-state index contributed by atoms with van der Waals surface area (Å²) in [6, 6.07) is 6.76. The molecule has 1 aliphatic heterocycles. The zero-order valence-electron chi connectivity index (χ0n) is 14.4. The molecule has 0 bridgehead atoms. The average molecular weight is 334 g/mol. The van der Waals surface area contributed by atoms with Gasteiger partial charge in [0.15, 0.2) is 0 Å². The second kappa shape index (κ2) is 7.77. The number of likely N-dealkylation sites (N-methyl/N-ethyl adjacent to an activating group) is 1. The van der Waals surface area contributed by atoms with Crippen LogP contribution in [0.1, 0.15) is 35.2 Å². The molecule has 132 valence electrons. The topological polar surface area (TPSA) is 81.1 Å². The number of amides is 1. The fraction of sp³-hybridized carbons (Fsp3) is 0.556. The van der Waals surface area contributed by atoms with Gasteiger partial charge in [-0.25, -0.2) is 4.79 Å². The summed E-state index contributed by atoms with van der Waals surface area (Å²) in [4.78, 5) is 26.6. The summed E-state index contributed by atoms with van der Waals surface area (Å²) in [7, 11) is 3.74. The van der Waals surface area contributed by atoms with Crippen molar-refractivity contribution in [3.05, 3.63) is 35.4 Å². The number of carboxylic acids is 1. The number of nitrogens with zero attached hydrogens (tertiary/aromatic N) is 2. The van der Waals surface area contributed by atoms with Gasteiger partial charge in [-0.15, -0.1) is 0 Å². The molecule has 1 aromatic carbocycles. The summed E-state index contributed by atoms with van der Waals surface area (Å²) in [5, 5.41) is 19.6. The number of carboxylic acid groups (broad SMARTS) is 1. The lowest BCUT2D eigenvalue weighted by Crippen LogP contribution is -2.48. The van der Waals surface area contributed by atoms with Crippen molar-refractivity contribution in [2.24, 2.45) is 0 Å². The van der Waals surface area contributed by atoms with Crippen LogP contribution in [0.3, 0.4) is 0 Å². The Morgan fingerprint density at radius 3 is 2.25 bits per heavy atom. The summed E-state index contributed by atoms with van der Waals surface area (Å²) in [6.45, 7) is 1.57. The van der Waals surface area contributed by atoms with Gasteiger partial charge in [0.05, 0.1) is 17.7 Å². The molecular weight excluding hydrogens is 308 g/mol. The normalized spacial score (nSPS) is 17.1. The van der Waals surface area contributed by atoms with Crippen LogP contribution in [0, 0.1) is 0 Å². The third kappa shape index (κ3) is 5.04. The molecule has 2 N–H and O–H groups in total. The van der Waals surface area contributed by atoms with E-state index in [2.05, 4.69) is 0 Å². The number of hydrogen-bond acceptors (Lipinski definition) is 4. The van der Waals surface area contributed by atoms with Crippen LogP contribution in [-0.2, 0) is 11.2 Å². The van der Waals surface area contributed by atoms with E-state index >= 15 is 0 Å². The number of piperidine rings is 1. The fourth-order valence-corrected chi connectivity index (χ4v) is 2.98. The van der Waals surface area contributed by atoms with Crippen molar-refractivity contribution >= 4 is 11.9 Å². The van der Waals surface area contributed by atoms with Gasteiger partial charge in [-0.2, -0.15) is 0 Å². The molecule has 24 heavy (non-hydrogen) atoms. The summed E-state index contributed by atoms with van der Waals surface area (Å²) in [5.74, 6) is -0.832. The van der Waals surface area contributed by atoms with Crippen LogP contribution in [0.2, 0.25) is 0 Å². The van der Waals surface area contributed by atoms with Crippen LogP contribution < -0.4 is 0 Å². The third-order valence-electron chi connectivity index (χ3n) is 4.58. The maximum Gasteiger partial charge on any atom is 0.335 e. The van der Waals surface area contributed by atoms with Gasteiger partial charge in [0.2, 0.25) is 5.91 Å². The molecule has 0 saturated carbocycles. The number of carbonyl (C=O) groups excluding carboxylic acids is 1. The lowest BCUT2D eigenvalue weighted by molar-refractivity contribution is -0.136. The first-order chi connectivity index (χ1) is 11.3. The van der Waals surface area contributed by atoms with Gasteiger partial charge in [-0.3, -0.25) is 4.79 Å². The molecule has 0 radical (unpaired) electrons. The number of hydrogen-bond donors (Lipinski definition) is 2. The predicted molar refractivity (Wildman–Crippen MR) is 91.0 cm³/mol. The van der Waals surface area contributed by atoms with Crippen LogP contribution in [0.15, 0.2) is 24.3 Å². The number of aryl methyl sites for hydroxylation is 1. The highest BCUT2D eigenvalue weighted by atomic mass is 16.4. The molecule has 0 atom stereocenters. The Labute approximate surface area is 142 Å². The first kappa shape index (κ1) is 18.4. The second-order valence-corrected chi connectivity index (χ2v) is 6.84. The van der Waals surface area contributed by atoms with Crippen molar-refractivity contribution < 1.29 is 19.8 Å². The maximum absolute atomic E-state index is 12.0. The van der Waals surface area contributed by atoms with E-state index in [0.29, 0.717) is 45.3 Å². The molecule has 0 spiro atoms. The minimum absolute atomic E-state index is 0.103. The molecular formula is C18H26N2O4. The van der Waals surface area contributed by atoms with Gasteiger partial charge in [-0.05, 0) is 57.5 Å². The number of rotatable bonds is 6. The molecule has 1 aromatic rings. The lowest BCUT2D eigenvalue weighted by Gasteiger charge is -2.38. The van der Waals surface area contributed by atoms with Gasteiger partial charge >= 0.3 is 5.97 Å². The number of benzene rings is 1. The van der Waals surface area contributed by atoms with E-state index in [1.54, 1.807) is 24.3 Å². The molecule has 1 aliphatic rings. The molecule has 0 aromatic heterocycles. The Hall–Kier alpha value is -1.92.